The van der Waals surface area contributed by atoms with Crippen molar-refractivity contribution in [2.45, 2.75) is 19.1 Å². The van der Waals surface area contributed by atoms with Crippen LogP contribution in [0.15, 0.2) is 0 Å². The molecule has 112 valence electrons. The van der Waals surface area contributed by atoms with Crippen LogP contribution in [0.5, 0.6) is 0 Å². The number of nitrogens with one attached hydrogen (secondary N) is 2. The molecule has 0 aromatic rings. The third-order valence-electron chi connectivity index (χ3n) is 2.49. The maximum atomic E-state index is 11.4. The third kappa shape index (κ3) is 8.36. The molecule has 0 heterocycles. The summed E-state index contributed by atoms with van der Waals surface area (Å²) >= 11 is 0. The Morgan fingerprint density at radius 3 is 2.47 bits per heavy atom. The highest BCUT2D eigenvalue weighted by molar-refractivity contribution is 5.82. The first-order valence-electron chi connectivity index (χ1n) is 6.01. The van der Waals surface area contributed by atoms with Gasteiger partial charge in [-0.3, -0.25) is 0 Å². The van der Waals surface area contributed by atoms with Crippen molar-refractivity contribution in [1.82, 2.24) is 15.5 Å². The van der Waals surface area contributed by atoms with Gasteiger partial charge in [0.2, 0.25) is 0 Å². The van der Waals surface area contributed by atoms with Gasteiger partial charge in [-0.2, -0.15) is 0 Å². The van der Waals surface area contributed by atoms with E-state index in [1.54, 1.807) is 7.11 Å². The molecule has 0 aliphatic heterocycles. The van der Waals surface area contributed by atoms with Crippen LogP contribution in [-0.2, 0) is 9.53 Å². The number of ether oxygens (including phenoxy) is 1. The molecule has 0 aliphatic rings. The Bertz CT molecular complexity index is 286. The Labute approximate surface area is 112 Å². The monoisotopic (exact) mass is 277 g/mol. The molecular weight excluding hydrogens is 254 g/mol. The summed E-state index contributed by atoms with van der Waals surface area (Å²) < 4.78 is 4.91. The lowest BCUT2D eigenvalue weighted by Crippen LogP contribution is -2.51. The first-order valence-corrected chi connectivity index (χ1v) is 6.01. The average molecular weight is 277 g/mol. The Morgan fingerprint density at radius 2 is 2.00 bits per heavy atom. The molecule has 0 aliphatic carbocycles. The number of hydrogen-bond acceptors (Lipinski definition) is 5. The van der Waals surface area contributed by atoms with E-state index in [9.17, 15) is 14.7 Å². The zero-order chi connectivity index (χ0) is 14.8. The number of amides is 2. The van der Waals surface area contributed by atoms with Crippen LogP contribution in [0, 0.1) is 0 Å². The van der Waals surface area contributed by atoms with Crippen LogP contribution < -0.4 is 10.6 Å². The van der Waals surface area contributed by atoms with Crippen LogP contribution >= 0.6 is 0 Å². The Balaban J connectivity index is 3.89. The molecule has 2 unspecified atom stereocenters. The lowest BCUT2D eigenvalue weighted by molar-refractivity contribution is -0.141. The fourth-order valence-corrected chi connectivity index (χ4v) is 1.30. The second-order valence-corrected chi connectivity index (χ2v) is 4.25. The van der Waals surface area contributed by atoms with Crippen LogP contribution in [0.3, 0.4) is 0 Å². The SMILES string of the molecule is COCCN(C)CCNC(=O)NC(C(=O)O)C(C)O. The number of carbonyl (C=O) groups is 2. The molecule has 0 saturated heterocycles. The summed E-state index contributed by atoms with van der Waals surface area (Å²) in [5, 5.41) is 22.7. The zero-order valence-corrected chi connectivity index (χ0v) is 11.5. The minimum atomic E-state index is -1.31. The first-order chi connectivity index (χ1) is 8.88. The number of aliphatic hydroxyl groups excluding tert-OH is 1. The number of methoxy groups -OCH3 is 1. The highest BCUT2D eigenvalue weighted by Crippen LogP contribution is 1.92. The third-order valence-corrected chi connectivity index (χ3v) is 2.49. The van der Waals surface area contributed by atoms with Gasteiger partial charge in [0, 0.05) is 26.7 Å². The summed E-state index contributed by atoms with van der Waals surface area (Å²) in [5.41, 5.74) is 0. The van der Waals surface area contributed by atoms with Crippen molar-refractivity contribution in [3.05, 3.63) is 0 Å². The molecule has 0 saturated carbocycles. The van der Waals surface area contributed by atoms with Crippen molar-refractivity contribution < 1.29 is 24.5 Å². The van der Waals surface area contributed by atoms with E-state index in [-0.39, 0.29) is 0 Å². The molecule has 0 radical (unpaired) electrons. The standard InChI is InChI=1S/C11H23N3O5/c1-8(15)9(10(16)17)13-11(18)12-4-5-14(2)6-7-19-3/h8-9,15H,4-7H2,1-3H3,(H,16,17)(H2,12,13,18). The van der Waals surface area contributed by atoms with E-state index >= 15 is 0 Å². The van der Waals surface area contributed by atoms with Crippen LogP contribution in [-0.4, -0.2) is 79.7 Å². The van der Waals surface area contributed by atoms with Crippen molar-refractivity contribution >= 4 is 12.0 Å². The van der Waals surface area contributed by atoms with Gasteiger partial charge in [0.05, 0.1) is 12.7 Å². The minimum Gasteiger partial charge on any atom is -0.480 e. The van der Waals surface area contributed by atoms with Crippen LogP contribution in [0.1, 0.15) is 6.92 Å². The van der Waals surface area contributed by atoms with Crippen LogP contribution in [0.4, 0.5) is 4.79 Å². The summed E-state index contributed by atoms with van der Waals surface area (Å²) in [6.07, 6.45) is -1.16. The molecular formula is C11H23N3O5. The van der Waals surface area contributed by atoms with Gasteiger partial charge in [-0.15, -0.1) is 0 Å². The molecule has 0 fully saturated rings. The molecule has 2 atom stereocenters. The highest BCUT2D eigenvalue weighted by Gasteiger charge is 2.24. The Morgan fingerprint density at radius 1 is 1.37 bits per heavy atom. The lowest BCUT2D eigenvalue weighted by atomic mass is 10.2. The summed E-state index contributed by atoms with van der Waals surface area (Å²) in [6.45, 7) is 3.63. The summed E-state index contributed by atoms with van der Waals surface area (Å²) in [6, 6.07) is -1.93. The number of rotatable bonds is 9. The number of hydrogen-bond donors (Lipinski definition) is 4. The number of carboxylic acids is 1. The number of aliphatic hydroxyl groups is 1. The zero-order valence-electron chi connectivity index (χ0n) is 11.5. The van der Waals surface area contributed by atoms with E-state index in [2.05, 4.69) is 10.6 Å². The predicted molar refractivity (Wildman–Crippen MR) is 69.0 cm³/mol. The van der Waals surface area contributed by atoms with Gasteiger partial charge in [0.15, 0.2) is 6.04 Å². The summed E-state index contributed by atoms with van der Waals surface area (Å²) in [4.78, 5) is 24.1. The van der Waals surface area contributed by atoms with E-state index in [1.807, 2.05) is 11.9 Å². The maximum Gasteiger partial charge on any atom is 0.328 e. The number of likely N-dealkylation sites (N-methyl/N-ethyl adjacent to an activating group) is 1. The van der Waals surface area contributed by atoms with Gasteiger partial charge in [0.1, 0.15) is 0 Å². The van der Waals surface area contributed by atoms with Crippen molar-refractivity contribution in [2.75, 3.05) is 40.4 Å². The van der Waals surface area contributed by atoms with Gasteiger partial charge in [-0.05, 0) is 14.0 Å². The van der Waals surface area contributed by atoms with Crippen molar-refractivity contribution in [3.8, 4) is 0 Å². The van der Waals surface area contributed by atoms with Gasteiger partial charge in [0.25, 0.3) is 0 Å². The van der Waals surface area contributed by atoms with E-state index in [0.29, 0.717) is 19.7 Å². The summed E-state index contributed by atoms with van der Waals surface area (Å²) in [7, 11) is 3.50. The normalized spacial score (nSPS) is 13.9. The Kier molecular flexibility index (Phi) is 8.84. The molecule has 0 rings (SSSR count). The maximum absolute atomic E-state index is 11.4. The molecule has 2 amide bonds. The fraction of sp³-hybridized carbons (Fsp3) is 0.818. The first kappa shape index (κ1) is 17.6. The molecule has 0 aromatic carbocycles. The number of carbonyl (C=O) groups excluding carboxylic acids is 1. The van der Waals surface area contributed by atoms with Crippen molar-refractivity contribution in [1.29, 1.82) is 0 Å². The Hall–Kier alpha value is -1.38. The van der Waals surface area contributed by atoms with Gasteiger partial charge in [-0.25, -0.2) is 9.59 Å². The molecule has 0 bridgehead atoms. The number of urea groups is 1. The molecule has 0 spiro atoms. The fourth-order valence-electron chi connectivity index (χ4n) is 1.30. The predicted octanol–water partition coefficient (Wildman–Crippen LogP) is -1.30. The number of nitrogens with zero attached hydrogens (tertiary/aromatic N) is 1. The summed E-state index contributed by atoms with van der Waals surface area (Å²) in [5.74, 6) is -1.28. The second kappa shape index (κ2) is 9.54. The lowest BCUT2D eigenvalue weighted by Gasteiger charge is -2.19. The van der Waals surface area contributed by atoms with Crippen LogP contribution in [0.2, 0.25) is 0 Å². The second-order valence-electron chi connectivity index (χ2n) is 4.25. The number of carboxylic acid groups (broad SMARTS) is 1. The molecule has 19 heavy (non-hydrogen) atoms. The van der Waals surface area contributed by atoms with E-state index < -0.39 is 24.1 Å². The van der Waals surface area contributed by atoms with E-state index in [4.69, 9.17) is 9.84 Å². The minimum absolute atomic E-state index is 0.373. The topological polar surface area (TPSA) is 111 Å². The highest BCUT2D eigenvalue weighted by atomic mass is 16.5. The molecule has 4 N–H and O–H groups in total. The quantitative estimate of drug-likeness (QED) is 0.417. The van der Waals surface area contributed by atoms with Crippen molar-refractivity contribution in [3.63, 3.8) is 0 Å². The largest absolute Gasteiger partial charge is 0.480 e. The van der Waals surface area contributed by atoms with E-state index in [1.165, 1.54) is 6.92 Å². The van der Waals surface area contributed by atoms with Gasteiger partial charge < -0.3 is 30.5 Å². The molecule has 8 nitrogen and oxygen atoms in total. The smallest absolute Gasteiger partial charge is 0.328 e. The van der Waals surface area contributed by atoms with Gasteiger partial charge >= 0.3 is 12.0 Å². The molecule has 8 heteroatoms. The van der Waals surface area contributed by atoms with Crippen LogP contribution in [0.25, 0.3) is 0 Å². The number of aliphatic carboxylic acids is 1. The van der Waals surface area contributed by atoms with Crippen molar-refractivity contribution in [2.24, 2.45) is 0 Å². The van der Waals surface area contributed by atoms with Gasteiger partial charge in [-0.1, -0.05) is 0 Å². The molecule has 0 aromatic heterocycles. The van der Waals surface area contributed by atoms with E-state index in [0.717, 1.165) is 6.54 Å². The average Bonchev–Trinajstić information content (AvgIpc) is 2.32.